The maximum Gasteiger partial charge on any atom is 0.137 e. The molecule has 0 spiro atoms. The maximum atomic E-state index is 11.6. The van der Waals surface area contributed by atoms with Crippen molar-refractivity contribution in [2.24, 2.45) is 0 Å². The summed E-state index contributed by atoms with van der Waals surface area (Å²) < 4.78 is 0. The largest absolute Gasteiger partial charge is 0.363 e. The molecule has 3 rings (SSSR count). The molecule has 2 atom stereocenters. The summed E-state index contributed by atoms with van der Waals surface area (Å²) in [4.78, 5) is 13.9. The topological polar surface area (TPSA) is 20.3 Å². The van der Waals surface area contributed by atoms with Gasteiger partial charge in [-0.1, -0.05) is 23.2 Å². The average molecular weight is 270 g/mol. The second-order valence-corrected chi connectivity index (χ2v) is 5.68. The van der Waals surface area contributed by atoms with Crippen LogP contribution in [0.2, 0.25) is 10.0 Å². The molecule has 2 saturated heterocycles. The zero-order chi connectivity index (χ0) is 12.0. The van der Waals surface area contributed by atoms with Crippen molar-refractivity contribution >= 4 is 34.7 Å². The summed E-state index contributed by atoms with van der Waals surface area (Å²) in [6.07, 6.45) is 3.47. The van der Waals surface area contributed by atoms with Gasteiger partial charge in [-0.25, -0.2) is 0 Å². The van der Waals surface area contributed by atoms with Crippen molar-refractivity contribution in [1.82, 2.24) is 0 Å². The van der Waals surface area contributed by atoms with Crippen molar-refractivity contribution in [3.63, 3.8) is 0 Å². The number of anilines is 1. The molecule has 0 saturated carbocycles. The zero-order valence-corrected chi connectivity index (χ0v) is 10.8. The summed E-state index contributed by atoms with van der Waals surface area (Å²) in [5.74, 6) is 0.381. The third-order valence-electron chi connectivity index (χ3n) is 3.73. The lowest BCUT2D eigenvalue weighted by Gasteiger charge is -2.36. The summed E-state index contributed by atoms with van der Waals surface area (Å²) in [7, 11) is 0. The van der Waals surface area contributed by atoms with Crippen molar-refractivity contribution in [2.45, 2.75) is 37.8 Å². The molecule has 90 valence electrons. The summed E-state index contributed by atoms with van der Waals surface area (Å²) >= 11 is 12.3. The lowest BCUT2D eigenvalue weighted by molar-refractivity contribution is -0.120. The number of carbonyl (C=O) groups is 1. The van der Waals surface area contributed by atoms with Gasteiger partial charge in [-0.2, -0.15) is 0 Å². The number of hydrogen-bond acceptors (Lipinski definition) is 2. The molecule has 2 aliphatic rings. The van der Waals surface area contributed by atoms with Gasteiger partial charge in [-0.15, -0.1) is 0 Å². The van der Waals surface area contributed by atoms with Crippen molar-refractivity contribution in [1.29, 1.82) is 0 Å². The normalized spacial score (nSPS) is 27.6. The Morgan fingerprint density at radius 3 is 2.41 bits per heavy atom. The molecule has 0 N–H and O–H groups in total. The number of carbonyl (C=O) groups excluding carboxylic acids is 1. The number of hydrogen-bond donors (Lipinski definition) is 0. The lowest BCUT2D eigenvalue weighted by atomic mass is 10.0. The molecular formula is C13H13Cl2NO. The van der Waals surface area contributed by atoms with E-state index in [9.17, 15) is 4.79 Å². The van der Waals surface area contributed by atoms with Crippen LogP contribution in [-0.2, 0) is 4.79 Å². The van der Waals surface area contributed by atoms with Gasteiger partial charge in [0.2, 0.25) is 0 Å². The van der Waals surface area contributed by atoms with E-state index in [1.54, 1.807) is 6.07 Å². The first-order valence-electron chi connectivity index (χ1n) is 5.90. The minimum absolute atomic E-state index is 0.317. The second kappa shape index (κ2) is 4.18. The van der Waals surface area contributed by atoms with Gasteiger partial charge in [0.25, 0.3) is 0 Å². The fourth-order valence-electron chi connectivity index (χ4n) is 3.05. The molecular weight excluding hydrogens is 257 g/mol. The minimum atomic E-state index is 0.317. The van der Waals surface area contributed by atoms with E-state index < -0.39 is 0 Å². The SMILES string of the molecule is O=C1CC2CCC(C1)N2c1cc(Cl)ccc1Cl. The third-order valence-corrected chi connectivity index (χ3v) is 4.29. The number of Topliss-reactive ketones (excluding diaryl/α,β-unsaturated/α-hetero) is 1. The first-order valence-corrected chi connectivity index (χ1v) is 6.66. The van der Waals surface area contributed by atoms with Crippen LogP contribution in [0.3, 0.4) is 0 Å². The number of rotatable bonds is 1. The van der Waals surface area contributed by atoms with E-state index in [4.69, 9.17) is 23.2 Å². The van der Waals surface area contributed by atoms with Crippen LogP contribution in [0.4, 0.5) is 5.69 Å². The number of benzene rings is 1. The number of fused-ring (bicyclic) bond motifs is 2. The van der Waals surface area contributed by atoms with E-state index in [0.717, 1.165) is 23.6 Å². The number of nitrogens with zero attached hydrogens (tertiary/aromatic N) is 1. The molecule has 4 heteroatoms. The van der Waals surface area contributed by atoms with Crippen LogP contribution in [0.15, 0.2) is 18.2 Å². The van der Waals surface area contributed by atoms with Crippen molar-refractivity contribution < 1.29 is 4.79 Å². The smallest absolute Gasteiger partial charge is 0.137 e. The Balaban J connectivity index is 1.99. The van der Waals surface area contributed by atoms with Crippen LogP contribution in [0.5, 0.6) is 0 Å². The lowest BCUT2D eigenvalue weighted by Crippen LogP contribution is -2.43. The van der Waals surface area contributed by atoms with Gasteiger partial charge in [-0.05, 0) is 31.0 Å². The van der Waals surface area contributed by atoms with Gasteiger partial charge in [0, 0.05) is 29.9 Å². The highest BCUT2D eigenvalue weighted by Crippen LogP contribution is 2.41. The Labute approximate surface area is 111 Å². The second-order valence-electron chi connectivity index (χ2n) is 4.83. The fourth-order valence-corrected chi connectivity index (χ4v) is 3.43. The molecule has 0 aromatic heterocycles. The highest BCUT2D eigenvalue weighted by atomic mass is 35.5. The minimum Gasteiger partial charge on any atom is -0.363 e. The monoisotopic (exact) mass is 269 g/mol. The van der Waals surface area contributed by atoms with Crippen LogP contribution in [0, 0.1) is 0 Å². The van der Waals surface area contributed by atoms with Gasteiger partial charge in [-0.3, -0.25) is 4.79 Å². The summed E-state index contributed by atoms with van der Waals surface area (Å²) in [6, 6.07) is 6.17. The van der Waals surface area contributed by atoms with E-state index in [0.29, 0.717) is 35.7 Å². The van der Waals surface area contributed by atoms with E-state index in [2.05, 4.69) is 4.90 Å². The molecule has 1 aromatic rings. The van der Waals surface area contributed by atoms with Crippen LogP contribution >= 0.6 is 23.2 Å². The standard InChI is InChI=1S/C13H13Cl2NO/c14-8-1-4-12(15)13(5-8)16-9-2-3-10(16)7-11(17)6-9/h1,4-5,9-10H,2-3,6-7H2. The van der Waals surface area contributed by atoms with Gasteiger partial charge in [0.15, 0.2) is 0 Å². The predicted octanol–water partition coefficient (Wildman–Crippen LogP) is 3.69. The number of ketones is 1. The fraction of sp³-hybridized carbons (Fsp3) is 0.462. The molecule has 2 unspecified atom stereocenters. The molecule has 2 bridgehead atoms. The van der Waals surface area contributed by atoms with Gasteiger partial charge in [0.05, 0.1) is 10.7 Å². The van der Waals surface area contributed by atoms with Crippen LogP contribution in [0.25, 0.3) is 0 Å². The quantitative estimate of drug-likeness (QED) is 0.775. The molecule has 2 nitrogen and oxygen atoms in total. The highest BCUT2D eigenvalue weighted by Gasteiger charge is 2.40. The van der Waals surface area contributed by atoms with Crippen LogP contribution < -0.4 is 4.90 Å². The number of piperidine rings is 1. The average Bonchev–Trinajstić information content (AvgIpc) is 2.54. The molecule has 1 aromatic carbocycles. The predicted molar refractivity (Wildman–Crippen MR) is 70.0 cm³/mol. The third kappa shape index (κ3) is 1.94. The first-order chi connectivity index (χ1) is 8.15. The number of halogens is 2. The summed E-state index contributed by atoms with van der Waals surface area (Å²) in [5, 5.41) is 1.42. The Bertz CT molecular complexity index is 458. The first kappa shape index (κ1) is 11.4. The van der Waals surface area contributed by atoms with Crippen LogP contribution in [0.1, 0.15) is 25.7 Å². The maximum absolute atomic E-state index is 11.6. The van der Waals surface area contributed by atoms with E-state index >= 15 is 0 Å². The van der Waals surface area contributed by atoms with E-state index in [-0.39, 0.29) is 0 Å². The summed E-state index contributed by atoms with van der Waals surface area (Å²) in [6.45, 7) is 0. The molecule has 0 radical (unpaired) electrons. The molecule has 0 amide bonds. The van der Waals surface area contributed by atoms with Crippen LogP contribution in [-0.4, -0.2) is 17.9 Å². The van der Waals surface area contributed by atoms with Gasteiger partial charge >= 0.3 is 0 Å². The molecule has 2 heterocycles. The molecule has 2 aliphatic heterocycles. The Hall–Kier alpha value is -0.730. The Morgan fingerprint density at radius 2 is 1.76 bits per heavy atom. The Morgan fingerprint density at radius 1 is 1.12 bits per heavy atom. The molecule has 2 fully saturated rings. The van der Waals surface area contributed by atoms with E-state index in [1.165, 1.54) is 0 Å². The zero-order valence-electron chi connectivity index (χ0n) is 9.33. The van der Waals surface area contributed by atoms with Gasteiger partial charge < -0.3 is 4.90 Å². The molecule has 17 heavy (non-hydrogen) atoms. The van der Waals surface area contributed by atoms with Crippen molar-refractivity contribution in [2.75, 3.05) is 4.90 Å². The summed E-state index contributed by atoms with van der Waals surface area (Å²) in [5.41, 5.74) is 0.985. The Kier molecular flexibility index (Phi) is 2.80. The van der Waals surface area contributed by atoms with Crippen molar-refractivity contribution in [3.05, 3.63) is 28.2 Å². The van der Waals surface area contributed by atoms with E-state index in [1.807, 2.05) is 12.1 Å². The molecule has 0 aliphatic carbocycles. The van der Waals surface area contributed by atoms with Gasteiger partial charge in [0.1, 0.15) is 5.78 Å². The highest BCUT2D eigenvalue weighted by molar-refractivity contribution is 6.35. The van der Waals surface area contributed by atoms with Crippen molar-refractivity contribution in [3.8, 4) is 0 Å².